The number of halogens is 3. The van der Waals surface area contributed by atoms with Gasteiger partial charge in [0.2, 0.25) is 0 Å². The van der Waals surface area contributed by atoms with Gasteiger partial charge in [0.15, 0.2) is 11.5 Å². The minimum Gasteiger partial charge on any atom is -0.504 e. The van der Waals surface area contributed by atoms with Crippen molar-refractivity contribution in [2.45, 2.75) is 44.1 Å². The van der Waals surface area contributed by atoms with E-state index in [4.69, 9.17) is 14.2 Å². The smallest absolute Gasteiger partial charge is 0.471 e. The van der Waals surface area contributed by atoms with Crippen LogP contribution in [-0.4, -0.2) is 87.3 Å². The van der Waals surface area contributed by atoms with Gasteiger partial charge in [0, 0.05) is 37.3 Å². The normalized spacial score (nSPS) is 16.4. The molecule has 40 heavy (non-hydrogen) atoms. The van der Waals surface area contributed by atoms with E-state index in [1.54, 1.807) is 37.3 Å². The van der Waals surface area contributed by atoms with Crippen LogP contribution in [0.3, 0.4) is 0 Å². The maximum absolute atomic E-state index is 13.1. The van der Waals surface area contributed by atoms with E-state index in [1.807, 2.05) is 4.90 Å². The first-order valence-electron chi connectivity index (χ1n) is 12.9. The SMILES string of the molecule is COc1c(O)cc(C[C@H](NC[C@H](Cc2ccccc2)NC(=O)C(F)(F)F)[C@@H](C#N)N2CCOCC2)c(OC)c1C. The van der Waals surface area contributed by atoms with Gasteiger partial charge in [-0.15, -0.1) is 0 Å². The molecule has 3 atom stereocenters. The lowest BCUT2D eigenvalue weighted by molar-refractivity contribution is -0.174. The average Bonchev–Trinajstić information content (AvgIpc) is 2.92. The molecule has 0 spiro atoms. The summed E-state index contributed by atoms with van der Waals surface area (Å²) in [6.45, 7) is 3.56. The number of hydrogen-bond acceptors (Lipinski definition) is 8. The fourth-order valence-electron chi connectivity index (χ4n) is 4.97. The molecule has 0 radical (unpaired) electrons. The largest absolute Gasteiger partial charge is 0.504 e. The molecular weight excluding hydrogens is 529 g/mol. The number of morpholine rings is 1. The van der Waals surface area contributed by atoms with Crippen molar-refractivity contribution >= 4 is 5.91 Å². The van der Waals surface area contributed by atoms with Crippen LogP contribution < -0.4 is 20.1 Å². The van der Waals surface area contributed by atoms with Gasteiger partial charge in [-0.25, -0.2) is 0 Å². The lowest BCUT2D eigenvalue weighted by Gasteiger charge is -2.36. The van der Waals surface area contributed by atoms with Crippen molar-refractivity contribution in [2.24, 2.45) is 0 Å². The summed E-state index contributed by atoms with van der Waals surface area (Å²) in [5.41, 5.74) is 1.90. The third kappa shape index (κ3) is 8.00. The number of phenolic OH excluding ortho intramolecular Hbond substituents is 1. The van der Waals surface area contributed by atoms with Crippen molar-refractivity contribution in [3.8, 4) is 23.3 Å². The first kappa shape index (κ1) is 31.0. The van der Waals surface area contributed by atoms with Crippen molar-refractivity contribution in [2.75, 3.05) is 47.1 Å². The number of alkyl halides is 3. The summed E-state index contributed by atoms with van der Waals surface area (Å²) in [4.78, 5) is 13.8. The lowest BCUT2D eigenvalue weighted by atomic mass is 9.95. The summed E-state index contributed by atoms with van der Waals surface area (Å²) in [6, 6.07) is 10.5. The van der Waals surface area contributed by atoms with Crippen molar-refractivity contribution in [1.82, 2.24) is 15.5 Å². The van der Waals surface area contributed by atoms with Gasteiger partial charge in [-0.2, -0.15) is 18.4 Å². The molecule has 9 nitrogen and oxygen atoms in total. The fourth-order valence-corrected chi connectivity index (χ4v) is 4.97. The van der Waals surface area contributed by atoms with Crippen LogP contribution >= 0.6 is 0 Å². The highest BCUT2D eigenvalue weighted by Crippen LogP contribution is 2.39. The Hall–Kier alpha value is -3.53. The molecule has 0 unspecified atom stereocenters. The number of nitrogens with zero attached hydrogens (tertiary/aromatic N) is 2. The molecule has 0 bridgehead atoms. The Bertz CT molecular complexity index is 1170. The molecule has 2 aromatic carbocycles. The summed E-state index contributed by atoms with van der Waals surface area (Å²) in [6.07, 6.45) is -4.70. The number of hydrogen-bond donors (Lipinski definition) is 3. The van der Waals surface area contributed by atoms with Gasteiger partial charge in [-0.1, -0.05) is 30.3 Å². The minimum atomic E-state index is -5.04. The highest BCUT2D eigenvalue weighted by atomic mass is 19.4. The number of carbonyl (C=O) groups is 1. The quantitative estimate of drug-likeness (QED) is 0.361. The predicted molar refractivity (Wildman–Crippen MR) is 141 cm³/mol. The molecule has 3 N–H and O–H groups in total. The van der Waals surface area contributed by atoms with E-state index in [0.717, 1.165) is 5.56 Å². The molecule has 0 saturated carbocycles. The Kier molecular flexibility index (Phi) is 11.0. The molecule has 1 amide bonds. The van der Waals surface area contributed by atoms with Gasteiger partial charge in [0.1, 0.15) is 11.8 Å². The molecule has 1 aliphatic heterocycles. The molecule has 2 aromatic rings. The van der Waals surface area contributed by atoms with E-state index in [2.05, 4.69) is 16.7 Å². The van der Waals surface area contributed by atoms with Crippen molar-refractivity contribution in [1.29, 1.82) is 5.26 Å². The van der Waals surface area contributed by atoms with Gasteiger partial charge in [0.25, 0.3) is 0 Å². The third-order valence-corrected chi connectivity index (χ3v) is 6.86. The number of nitrogens with one attached hydrogen (secondary N) is 2. The second kappa shape index (κ2) is 14.2. The molecule has 218 valence electrons. The number of ether oxygens (including phenoxy) is 3. The number of phenols is 1. The summed E-state index contributed by atoms with van der Waals surface area (Å²) >= 11 is 0. The van der Waals surface area contributed by atoms with Crippen LogP contribution in [0.5, 0.6) is 17.2 Å². The Morgan fingerprint density at radius 2 is 1.80 bits per heavy atom. The monoisotopic (exact) mass is 564 g/mol. The Balaban J connectivity index is 1.93. The molecule has 1 fully saturated rings. The Morgan fingerprint density at radius 3 is 2.38 bits per heavy atom. The van der Waals surface area contributed by atoms with E-state index in [0.29, 0.717) is 43.2 Å². The highest BCUT2D eigenvalue weighted by Gasteiger charge is 2.40. The van der Waals surface area contributed by atoms with E-state index < -0.39 is 30.2 Å². The number of rotatable bonds is 12. The van der Waals surface area contributed by atoms with Gasteiger partial charge in [-0.3, -0.25) is 9.69 Å². The Labute approximate surface area is 231 Å². The van der Waals surface area contributed by atoms with E-state index in [-0.39, 0.29) is 30.9 Å². The van der Waals surface area contributed by atoms with Crippen LogP contribution in [0.4, 0.5) is 13.2 Å². The van der Waals surface area contributed by atoms with Crippen LogP contribution in [0.2, 0.25) is 0 Å². The van der Waals surface area contributed by atoms with Crippen LogP contribution in [0.1, 0.15) is 16.7 Å². The van der Waals surface area contributed by atoms with Crippen LogP contribution in [0, 0.1) is 18.3 Å². The van der Waals surface area contributed by atoms with Crippen LogP contribution in [0.15, 0.2) is 36.4 Å². The topological polar surface area (TPSA) is 116 Å². The van der Waals surface area contributed by atoms with Gasteiger partial charge in [-0.05, 0) is 37.0 Å². The van der Waals surface area contributed by atoms with Crippen molar-refractivity contribution in [3.63, 3.8) is 0 Å². The number of nitriles is 1. The first-order chi connectivity index (χ1) is 19.1. The van der Waals surface area contributed by atoms with Gasteiger partial charge >= 0.3 is 12.1 Å². The van der Waals surface area contributed by atoms with E-state index in [9.17, 15) is 28.3 Å². The molecule has 1 saturated heterocycles. The zero-order chi connectivity index (χ0) is 29.3. The predicted octanol–water partition coefficient (Wildman–Crippen LogP) is 2.73. The maximum Gasteiger partial charge on any atom is 0.471 e. The summed E-state index contributed by atoms with van der Waals surface area (Å²) in [5, 5.41) is 26.1. The number of benzene rings is 2. The van der Waals surface area contributed by atoms with Crippen LogP contribution in [0.25, 0.3) is 0 Å². The molecule has 3 rings (SSSR count). The molecule has 0 aromatic heterocycles. The molecule has 12 heteroatoms. The number of carbonyl (C=O) groups excluding carboxylic acids is 1. The minimum absolute atomic E-state index is 0.0483. The Morgan fingerprint density at radius 1 is 1.15 bits per heavy atom. The molecular formula is C28H35F3N4O5. The van der Waals surface area contributed by atoms with E-state index >= 15 is 0 Å². The number of methoxy groups -OCH3 is 2. The zero-order valence-electron chi connectivity index (χ0n) is 22.8. The second-order valence-corrected chi connectivity index (χ2v) is 9.55. The second-order valence-electron chi connectivity index (χ2n) is 9.55. The third-order valence-electron chi connectivity index (χ3n) is 6.86. The zero-order valence-corrected chi connectivity index (χ0v) is 22.8. The number of amides is 1. The summed E-state index contributed by atoms with van der Waals surface area (Å²) in [7, 11) is 2.91. The molecule has 1 aliphatic rings. The fraction of sp³-hybridized carbons (Fsp3) is 0.500. The first-order valence-corrected chi connectivity index (χ1v) is 12.9. The summed E-state index contributed by atoms with van der Waals surface area (Å²) < 4.78 is 55.8. The van der Waals surface area contributed by atoms with Crippen molar-refractivity contribution in [3.05, 3.63) is 53.1 Å². The highest BCUT2D eigenvalue weighted by molar-refractivity contribution is 5.82. The van der Waals surface area contributed by atoms with E-state index in [1.165, 1.54) is 20.3 Å². The maximum atomic E-state index is 13.1. The average molecular weight is 565 g/mol. The van der Waals surface area contributed by atoms with Crippen molar-refractivity contribution < 1.29 is 37.3 Å². The standard InChI is InChI=1S/C28H35F3N4O5/c1-18-25(38-2)20(15-24(36)26(18)39-3)14-22(23(16-32)35-9-11-40-12-10-35)33-17-21(34-27(37)28(29,30)31)13-19-7-5-4-6-8-19/h4-8,15,21-23,33,36H,9-14,17H2,1-3H3,(H,34,37)/t21-,22-,23+/m0/s1. The molecule has 1 heterocycles. The number of aromatic hydroxyl groups is 1. The van der Waals surface area contributed by atoms with Gasteiger partial charge < -0.3 is 30.0 Å². The molecule has 0 aliphatic carbocycles. The summed E-state index contributed by atoms with van der Waals surface area (Å²) in [5.74, 6) is -1.41. The van der Waals surface area contributed by atoms with Crippen LogP contribution in [-0.2, 0) is 22.4 Å². The lowest BCUT2D eigenvalue weighted by Crippen LogP contribution is -2.57. The van der Waals surface area contributed by atoms with Gasteiger partial charge in [0.05, 0.1) is 33.5 Å².